The normalized spacial score (nSPS) is 11.0. The van der Waals surface area contributed by atoms with E-state index in [0.29, 0.717) is 34.7 Å². The lowest BCUT2D eigenvalue weighted by Gasteiger charge is -2.09. The molecule has 5 aromatic rings. The molecule has 158 valence electrons. The molecule has 1 amide bonds. The van der Waals surface area contributed by atoms with Gasteiger partial charge in [0, 0.05) is 22.8 Å². The minimum atomic E-state index is -0.290. The average Bonchev–Trinajstić information content (AvgIpc) is 3.43. The third-order valence-electron chi connectivity index (χ3n) is 5.39. The zero-order chi connectivity index (χ0) is 22.1. The number of aromatic nitrogens is 4. The Bertz CT molecular complexity index is 1440. The van der Waals surface area contributed by atoms with Crippen molar-refractivity contribution in [2.75, 3.05) is 5.32 Å². The number of benzene rings is 2. The zero-order valence-electron chi connectivity index (χ0n) is 17.4. The van der Waals surface area contributed by atoms with E-state index in [4.69, 9.17) is 0 Å². The number of H-pyrrole nitrogens is 2. The molecule has 3 aromatic heterocycles. The molecule has 0 fully saturated rings. The number of carbonyl (C=O) groups excluding carboxylic acids is 1. The molecular weight excluding hydrogens is 402 g/mol. The number of fused-ring (bicyclic) bond motifs is 1. The number of para-hydroxylation sites is 1. The van der Waals surface area contributed by atoms with Gasteiger partial charge in [0.05, 0.1) is 35.2 Å². The Morgan fingerprint density at radius 3 is 2.62 bits per heavy atom. The van der Waals surface area contributed by atoms with Crippen molar-refractivity contribution in [1.29, 1.82) is 0 Å². The Balaban J connectivity index is 1.40. The molecule has 7 heteroatoms. The Morgan fingerprint density at radius 2 is 1.81 bits per heavy atom. The first-order chi connectivity index (χ1) is 15.6. The largest absolute Gasteiger partial charge is 0.354 e. The lowest BCUT2D eigenvalue weighted by molar-refractivity contribution is 0.102. The van der Waals surface area contributed by atoms with Gasteiger partial charge < -0.3 is 15.3 Å². The molecule has 2 aromatic carbocycles. The Hall–Kier alpha value is -4.39. The first kappa shape index (κ1) is 19.6. The first-order valence-corrected chi connectivity index (χ1v) is 10.3. The average molecular weight is 423 g/mol. The maximum Gasteiger partial charge on any atom is 0.258 e. The van der Waals surface area contributed by atoms with Gasteiger partial charge >= 0.3 is 0 Å². The van der Waals surface area contributed by atoms with Gasteiger partial charge in [0.1, 0.15) is 0 Å². The predicted molar refractivity (Wildman–Crippen MR) is 125 cm³/mol. The quantitative estimate of drug-likeness (QED) is 0.393. The molecule has 3 N–H and O–H groups in total. The summed E-state index contributed by atoms with van der Waals surface area (Å²) < 4.78 is 1.72. The molecule has 0 unspecified atom stereocenters. The molecule has 0 saturated heterocycles. The van der Waals surface area contributed by atoms with Crippen molar-refractivity contribution in [3.63, 3.8) is 0 Å². The highest BCUT2D eigenvalue weighted by Crippen LogP contribution is 2.24. The lowest BCUT2D eigenvalue weighted by Crippen LogP contribution is -2.17. The van der Waals surface area contributed by atoms with Crippen molar-refractivity contribution < 1.29 is 4.79 Å². The summed E-state index contributed by atoms with van der Waals surface area (Å²) >= 11 is 0. The van der Waals surface area contributed by atoms with Gasteiger partial charge in [0.15, 0.2) is 0 Å². The summed E-state index contributed by atoms with van der Waals surface area (Å²) in [5.74, 6) is -0.290. The van der Waals surface area contributed by atoms with Crippen molar-refractivity contribution >= 4 is 22.5 Å². The molecule has 0 saturated carbocycles. The van der Waals surface area contributed by atoms with Crippen LogP contribution in [0.25, 0.3) is 22.2 Å². The molecule has 0 radical (unpaired) electrons. The molecular formula is C25H21N5O2. The Morgan fingerprint density at radius 1 is 1.03 bits per heavy atom. The second kappa shape index (κ2) is 8.03. The SMILES string of the molecule is Cc1[nH]c(=O)c(-c2cc3ccccc3[nH]2)cc1NC(=O)c1cnn(Cc2ccccc2)c1. The Kier molecular flexibility index (Phi) is 4.91. The van der Waals surface area contributed by atoms with Gasteiger partial charge in [-0.2, -0.15) is 5.10 Å². The van der Waals surface area contributed by atoms with Gasteiger partial charge in [0.25, 0.3) is 11.5 Å². The predicted octanol–water partition coefficient (Wildman–Crippen LogP) is 4.33. The molecule has 3 heterocycles. The summed E-state index contributed by atoms with van der Waals surface area (Å²) in [6.45, 7) is 2.33. The van der Waals surface area contributed by atoms with Gasteiger partial charge in [-0.05, 0) is 30.7 Å². The summed E-state index contributed by atoms with van der Waals surface area (Å²) in [4.78, 5) is 31.5. The van der Waals surface area contributed by atoms with E-state index in [1.54, 1.807) is 23.9 Å². The number of aryl methyl sites for hydroxylation is 1. The van der Waals surface area contributed by atoms with Crippen molar-refractivity contribution in [1.82, 2.24) is 19.7 Å². The maximum absolute atomic E-state index is 12.8. The number of rotatable bonds is 5. The summed E-state index contributed by atoms with van der Waals surface area (Å²) in [6.07, 6.45) is 3.25. The molecule has 32 heavy (non-hydrogen) atoms. The van der Waals surface area contributed by atoms with Crippen molar-refractivity contribution in [2.45, 2.75) is 13.5 Å². The number of nitrogens with one attached hydrogen (secondary N) is 3. The highest BCUT2D eigenvalue weighted by Gasteiger charge is 2.15. The standard InChI is InChI=1S/C25H21N5O2/c1-16-22(12-20(25(32)27-16)23-11-18-9-5-6-10-21(18)28-23)29-24(31)19-13-26-30(15-19)14-17-7-3-2-4-8-17/h2-13,15,28H,14H2,1H3,(H,27,32)(H,29,31). The lowest BCUT2D eigenvalue weighted by atomic mass is 10.1. The van der Waals surface area contributed by atoms with Gasteiger partial charge in [-0.3, -0.25) is 14.3 Å². The van der Waals surface area contributed by atoms with Crippen LogP contribution in [-0.2, 0) is 6.54 Å². The number of nitrogens with zero attached hydrogens (tertiary/aromatic N) is 2. The molecule has 0 bridgehead atoms. The van der Waals surface area contributed by atoms with Crippen molar-refractivity contribution in [3.8, 4) is 11.3 Å². The number of hydrogen-bond acceptors (Lipinski definition) is 3. The number of anilines is 1. The number of amides is 1. The van der Waals surface area contributed by atoms with Crippen LogP contribution >= 0.6 is 0 Å². The molecule has 0 atom stereocenters. The van der Waals surface area contributed by atoms with Gasteiger partial charge in [-0.1, -0.05) is 48.5 Å². The second-order valence-electron chi connectivity index (χ2n) is 7.69. The van der Waals surface area contributed by atoms with E-state index in [9.17, 15) is 9.59 Å². The van der Waals surface area contributed by atoms with E-state index >= 15 is 0 Å². The van der Waals surface area contributed by atoms with E-state index < -0.39 is 0 Å². The monoisotopic (exact) mass is 423 g/mol. The van der Waals surface area contributed by atoms with Crippen LogP contribution in [0.4, 0.5) is 5.69 Å². The molecule has 7 nitrogen and oxygen atoms in total. The first-order valence-electron chi connectivity index (χ1n) is 10.3. The van der Waals surface area contributed by atoms with Crippen LogP contribution in [0.3, 0.4) is 0 Å². The third kappa shape index (κ3) is 3.83. The van der Waals surface area contributed by atoms with E-state index in [1.165, 1.54) is 6.20 Å². The summed E-state index contributed by atoms with van der Waals surface area (Å²) in [5.41, 5.74) is 4.54. The molecule has 0 spiro atoms. The fraction of sp³-hybridized carbons (Fsp3) is 0.0800. The molecule has 0 aliphatic rings. The highest BCUT2D eigenvalue weighted by molar-refractivity contribution is 6.04. The van der Waals surface area contributed by atoms with Crippen LogP contribution in [0.15, 0.2) is 83.9 Å². The summed E-state index contributed by atoms with van der Waals surface area (Å²) in [7, 11) is 0. The van der Waals surface area contributed by atoms with E-state index in [2.05, 4.69) is 20.4 Å². The van der Waals surface area contributed by atoms with Crippen LogP contribution in [0, 0.1) is 6.92 Å². The van der Waals surface area contributed by atoms with E-state index in [1.807, 2.05) is 60.7 Å². The molecule has 0 aliphatic carbocycles. The van der Waals surface area contributed by atoms with Crippen LogP contribution in [0.1, 0.15) is 21.6 Å². The number of carbonyl (C=O) groups is 1. The zero-order valence-corrected chi connectivity index (χ0v) is 17.4. The van der Waals surface area contributed by atoms with E-state index in [-0.39, 0.29) is 11.5 Å². The topological polar surface area (TPSA) is 95.6 Å². The Labute approximate surface area is 183 Å². The van der Waals surface area contributed by atoms with Crippen molar-refractivity contribution in [3.05, 3.63) is 106 Å². The van der Waals surface area contributed by atoms with Gasteiger partial charge in [-0.25, -0.2) is 0 Å². The van der Waals surface area contributed by atoms with Crippen molar-refractivity contribution in [2.24, 2.45) is 0 Å². The number of aromatic amines is 2. The van der Waals surface area contributed by atoms with E-state index in [0.717, 1.165) is 16.5 Å². The molecule has 5 rings (SSSR count). The fourth-order valence-corrected chi connectivity index (χ4v) is 3.70. The number of hydrogen-bond donors (Lipinski definition) is 3. The minimum absolute atomic E-state index is 0.220. The van der Waals surface area contributed by atoms with Crippen LogP contribution in [0.5, 0.6) is 0 Å². The highest BCUT2D eigenvalue weighted by atomic mass is 16.1. The van der Waals surface area contributed by atoms with Crippen LogP contribution in [0.2, 0.25) is 0 Å². The smallest absolute Gasteiger partial charge is 0.258 e. The second-order valence-corrected chi connectivity index (χ2v) is 7.69. The van der Waals surface area contributed by atoms with Gasteiger partial charge in [-0.15, -0.1) is 0 Å². The van der Waals surface area contributed by atoms with Crippen LogP contribution in [-0.4, -0.2) is 25.7 Å². The molecule has 0 aliphatic heterocycles. The minimum Gasteiger partial charge on any atom is -0.354 e. The maximum atomic E-state index is 12.8. The summed E-state index contributed by atoms with van der Waals surface area (Å²) in [6, 6.07) is 21.4. The summed E-state index contributed by atoms with van der Waals surface area (Å²) in [5, 5.41) is 8.20. The van der Waals surface area contributed by atoms with Crippen LogP contribution < -0.4 is 10.9 Å². The fourth-order valence-electron chi connectivity index (χ4n) is 3.70. The van der Waals surface area contributed by atoms with Gasteiger partial charge in [0.2, 0.25) is 0 Å². The number of pyridine rings is 1. The third-order valence-corrected chi connectivity index (χ3v) is 5.39.